The zero-order valence-electron chi connectivity index (χ0n) is 6.04. The van der Waals surface area contributed by atoms with Crippen LogP contribution in [0.25, 0.3) is 0 Å². The average molecular weight is 147 g/mol. The molecule has 0 aromatic carbocycles. The molecule has 0 aliphatic rings. The van der Waals surface area contributed by atoms with Crippen LogP contribution in [0.4, 0.5) is 0 Å². The summed E-state index contributed by atoms with van der Waals surface area (Å²) < 4.78 is 4.90. The highest BCUT2D eigenvalue weighted by atomic mass is 16.5. The van der Waals surface area contributed by atoms with Crippen molar-refractivity contribution < 1.29 is 14.6 Å². The van der Waals surface area contributed by atoms with Gasteiger partial charge < -0.3 is 15.6 Å². The Kier molecular flexibility index (Phi) is 4.88. The van der Waals surface area contributed by atoms with Gasteiger partial charge in [0.2, 0.25) is 0 Å². The Balaban J connectivity index is 3.21. The first-order chi connectivity index (χ1) is 4.68. The number of aliphatic carboxylic acids is 1. The van der Waals surface area contributed by atoms with Gasteiger partial charge in [0.25, 0.3) is 0 Å². The number of ether oxygens (including phenoxy) is 1. The molecular weight excluding hydrogens is 134 g/mol. The van der Waals surface area contributed by atoms with Crippen LogP contribution in [0.15, 0.2) is 0 Å². The van der Waals surface area contributed by atoms with Gasteiger partial charge in [-0.25, -0.2) is 0 Å². The Bertz CT molecular complexity index is 105. The van der Waals surface area contributed by atoms with E-state index < -0.39 is 12.0 Å². The lowest BCUT2D eigenvalue weighted by atomic mass is 10.3. The normalized spacial score (nSPS) is 13.0. The van der Waals surface area contributed by atoms with Crippen molar-refractivity contribution in [2.45, 2.75) is 19.4 Å². The third kappa shape index (κ3) is 4.29. The van der Waals surface area contributed by atoms with Crippen LogP contribution >= 0.6 is 0 Å². The molecule has 0 aromatic rings. The summed E-state index contributed by atoms with van der Waals surface area (Å²) >= 11 is 0. The number of rotatable bonds is 5. The van der Waals surface area contributed by atoms with E-state index >= 15 is 0 Å². The molecule has 0 saturated heterocycles. The van der Waals surface area contributed by atoms with E-state index in [1.54, 1.807) is 0 Å². The third-order valence-corrected chi connectivity index (χ3v) is 0.963. The highest BCUT2D eigenvalue weighted by molar-refractivity contribution is 5.73. The molecule has 0 radical (unpaired) electrons. The van der Waals surface area contributed by atoms with Crippen molar-refractivity contribution in [3.8, 4) is 0 Å². The van der Waals surface area contributed by atoms with Gasteiger partial charge in [0, 0.05) is 6.61 Å². The Hall–Kier alpha value is -0.610. The van der Waals surface area contributed by atoms with Crippen LogP contribution in [0.3, 0.4) is 0 Å². The summed E-state index contributed by atoms with van der Waals surface area (Å²) in [5.74, 6) is -1.02. The summed E-state index contributed by atoms with van der Waals surface area (Å²) in [4.78, 5) is 10.1. The monoisotopic (exact) mass is 147 g/mol. The number of hydrogen-bond donors (Lipinski definition) is 2. The van der Waals surface area contributed by atoms with Gasteiger partial charge in [-0.1, -0.05) is 6.92 Å². The smallest absolute Gasteiger partial charge is 0.322 e. The molecule has 0 saturated carbocycles. The summed E-state index contributed by atoms with van der Waals surface area (Å²) in [6, 6.07) is -0.883. The number of hydrogen-bond acceptors (Lipinski definition) is 3. The molecule has 0 unspecified atom stereocenters. The quantitative estimate of drug-likeness (QED) is 0.529. The molecule has 0 bridgehead atoms. The second kappa shape index (κ2) is 5.20. The molecule has 3 N–H and O–H groups in total. The molecule has 1 atom stereocenters. The molecule has 0 aliphatic heterocycles. The fourth-order valence-electron chi connectivity index (χ4n) is 0.426. The SMILES string of the molecule is CCCOC[C@@H](N)C(=O)O. The predicted molar refractivity (Wildman–Crippen MR) is 36.7 cm³/mol. The molecule has 0 amide bonds. The van der Waals surface area contributed by atoms with Crippen molar-refractivity contribution >= 4 is 5.97 Å². The lowest BCUT2D eigenvalue weighted by Gasteiger charge is -2.05. The Labute approximate surface area is 60.0 Å². The zero-order chi connectivity index (χ0) is 7.98. The molecule has 0 rings (SSSR count). The van der Waals surface area contributed by atoms with Crippen molar-refractivity contribution in [2.24, 2.45) is 5.73 Å². The van der Waals surface area contributed by atoms with Crippen LogP contribution in [0.5, 0.6) is 0 Å². The van der Waals surface area contributed by atoms with Crippen LogP contribution in [0, 0.1) is 0 Å². The topological polar surface area (TPSA) is 72.5 Å². The van der Waals surface area contributed by atoms with E-state index in [1.165, 1.54) is 0 Å². The van der Waals surface area contributed by atoms with Crippen LogP contribution in [-0.4, -0.2) is 30.3 Å². The molecule has 4 heteroatoms. The van der Waals surface area contributed by atoms with Gasteiger partial charge in [-0.2, -0.15) is 0 Å². The van der Waals surface area contributed by atoms with E-state index in [1.807, 2.05) is 6.92 Å². The third-order valence-electron chi connectivity index (χ3n) is 0.963. The summed E-state index contributed by atoms with van der Waals surface area (Å²) in [6.45, 7) is 2.62. The van der Waals surface area contributed by atoms with Gasteiger partial charge in [-0.15, -0.1) is 0 Å². The van der Waals surface area contributed by atoms with E-state index in [9.17, 15) is 4.79 Å². The first kappa shape index (κ1) is 9.39. The number of carboxylic acid groups (broad SMARTS) is 1. The highest BCUT2D eigenvalue weighted by Crippen LogP contribution is 1.84. The van der Waals surface area contributed by atoms with Crippen LogP contribution in [0.2, 0.25) is 0 Å². The Morgan fingerprint density at radius 2 is 2.40 bits per heavy atom. The lowest BCUT2D eigenvalue weighted by Crippen LogP contribution is -2.34. The first-order valence-corrected chi connectivity index (χ1v) is 3.24. The molecule has 4 nitrogen and oxygen atoms in total. The lowest BCUT2D eigenvalue weighted by molar-refractivity contribution is -0.140. The van der Waals surface area contributed by atoms with E-state index in [0.29, 0.717) is 6.61 Å². The molecule has 0 spiro atoms. The molecular formula is C6H13NO3. The van der Waals surface area contributed by atoms with Crippen LogP contribution in [-0.2, 0) is 9.53 Å². The van der Waals surface area contributed by atoms with Crippen molar-refractivity contribution in [3.63, 3.8) is 0 Å². The summed E-state index contributed by atoms with van der Waals surface area (Å²) in [5.41, 5.74) is 5.13. The van der Waals surface area contributed by atoms with E-state index in [4.69, 9.17) is 15.6 Å². The van der Waals surface area contributed by atoms with Gasteiger partial charge in [0.05, 0.1) is 6.61 Å². The van der Waals surface area contributed by atoms with Gasteiger partial charge >= 0.3 is 5.97 Å². The Morgan fingerprint density at radius 3 is 2.80 bits per heavy atom. The van der Waals surface area contributed by atoms with Crippen LogP contribution < -0.4 is 5.73 Å². The molecule has 0 aromatic heterocycles. The minimum Gasteiger partial charge on any atom is -0.480 e. The highest BCUT2D eigenvalue weighted by Gasteiger charge is 2.09. The summed E-state index contributed by atoms with van der Waals surface area (Å²) in [6.07, 6.45) is 0.881. The van der Waals surface area contributed by atoms with Gasteiger partial charge in [-0.05, 0) is 6.42 Å². The maximum Gasteiger partial charge on any atom is 0.322 e. The van der Waals surface area contributed by atoms with Crippen molar-refractivity contribution in [3.05, 3.63) is 0 Å². The van der Waals surface area contributed by atoms with Crippen LogP contribution in [0.1, 0.15) is 13.3 Å². The Morgan fingerprint density at radius 1 is 1.80 bits per heavy atom. The maximum atomic E-state index is 10.1. The second-order valence-corrected chi connectivity index (χ2v) is 2.02. The fraction of sp³-hybridized carbons (Fsp3) is 0.833. The molecule has 0 heterocycles. The fourth-order valence-corrected chi connectivity index (χ4v) is 0.426. The van der Waals surface area contributed by atoms with E-state index in [-0.39, 0.29) is 6.61 Å². The molecule has 60 valence electrons. The summed E-state index contributed by atoms with van der Waals surface area (Å²) in [7, 11) is 0. The zero-order valence-corrected chi connectivity index (χ0v) is 6.04. The van der Waals surface area contributed by atoms with Crippen molar-refractivity contribution in [1.29, 1.82) is 0 Å². The minimum atomic E-state index is -1.02. The summed E-state index contributed by atoms with van der Waals surface area (Å²) in [5, 5.41) is 8.28. The maximum absolute atomic E-state index is 10.1. The predicted octanol–water partition coefficient (Wildman–Crippen LogP) is -0.175. The number of carboxylic acids is 1. The molecule has 10 heavy (non-hydrogen) atoms. The standard InChI is InChI=1S/C6H13NO3/c1-2-3-10-4-5(7)6(8)9/h5H,2-4,7H2,1H3,(H,8,9)/t5-/m1/s1. The van der Waals surface area contributed by atoms with Gasteiger partial charge in [-0.3, -0.25) is 4.79 Å². The first-order valence-electron chi connectivity index (χ1n) is 3.24. The molecule has 0 aliphatic carbocycles. The van der Waals surface area contributed by atoms with Crippen molar-refractivity contribution in [1.82, 2.24) is 0 Å². The molecule has 0 fully saturated rings. The van der Waals surface area contributed by atoms with E-state index in [2.05, 4.69) is 0 Å². The largest absolute Gasteiger partial charge is 0.480 e. The number of carbonyl (C=O) groups is 1. The second-order valence-electron chi connectivity index (χ2n) is 2.02. The minimum absolute atomic E-state index is 0.100. The van der Waals surface area contributed by atoms with Crippen molar-refractivity contribution in [2.75, 3.05) is 13.2 Å². The van der Waals surface area contributed by atoms with Gasteiger partial charge in [0.15, 0.2) is 0 Å². The van der Waals surface area contributed by atoms with Gasteiger partial charge in [0.1, 0.15) is 6.04 Å². The number of nitrogens with two attached hydrogens (primary N) is 1. The van der Waals surface area contributed by atoms with E-state index in [0.717, 1.165) is 6.42 Å². The average Bonchev–Trinajstić information content (AvgIpc) is 1.88.